The number of rotatable bonds is 14. The van der Waals surface area contributed by atoms with E-state index in [9.17, 15) is 18.3 Å². The van der Waals surface area contributed by atoms with Crippen LogP contribution in [-0.2, 0) is 39.3 Å². The molecule has 11 nitrogen and oxygen atoms in total. The average Bonchev–Trinajstić information content (AvgIpc) is 3.46. The van der Waals surface area contributed by atoms with Gasteiger partial charge in [-0.3, -0.25) is 9.48 Å². The number of hydrogen-bond acceptors (Lipinski definition) is 8. The summed E-state index contributed by atoms with van der Waals surface area (Å²) in [6.45, 7) is 13.9. The van der Waals surface area contributed by atoms with Crippen molar-refractivity contribution in [1.82, 2.24) is 24.2 Å². The molecule has 1 fully saturated rings. The second kappa shape index (κ2) is 15.5. The number of aliphatic carboxylic acids is 1. The summed E-state index contributed by atoms with van der Waals surface area (Å²) in [7, 11) is -3.84. The molecule has 2 aromatic carbocycles. The average molecular weight is 682 g/mol. The van der Waals surface area contributed by atoms with Crippen molar-refractivity contribution in [3.8, 4) is 5.75 Å². The molecular weight excluding hydrogens is 630 g/mol. The molecule has 48 heavy (non-hydrogen) atoms. The molecule has 0 radical (unpaired) electrons. The summed E-state index contributed by atoms with van der Waals surface area (Å²) in [5.41, 5.74) is 1.65. The first-order valence-electron chi connectivity index (χ1n) is 17.2. The molecule has 2 atom stereocenters. The van der Waals surface area contributed by atoms with Crippen LogP contribution < -0.4 is 4.74 Å². The number of ether oxygens (including phenoxy) is 2. The Kier molecular flexibility index (Phi) is 11.6. The minimum Gasteiger partial charge on any atom is -0.488 e. The molecule has 2 aliphatic heterocycles. The topological polar surface area (TPSA) is 127 Å². The lowest BCUT2D eigenvalue weighted by Gasteiger charge is -2.31. The van der Waals surface area contributed by atoms with Crippen molar-refractivity contribution in [3.05, 3.63) is 71.0 Å². The number of likely N-dealkylation sites (tertiary alicyclic amines) is 1. The molecule has 3 heterocycles. The quantitative estimate of drug-likeness (QED) is 0.209. The molecule has 1 saturated heterocycles. The van der Waals surface area contributed by atoms with Crippen LogP contribution in [0.3, 0.4) is 0 Å². The zero-order chi connectivity index (χ0) is 34.5. The molecule has 1 N–H and O–H groups in total. The van der Waals surface area contributed by atoms with Crippen LogP contribution in [0.25, 0.3) is 0 Å². The number of nitrogens with zero attached hydrogens (tertiary/aromatic N) is 5. The van der Waals surface area contributed by atoms with Gasteiger partial charge in [0.1, 0.15) is 22.4 Å². The summed E-state index contributed by atoms with van der Waals surface area (Å²) in [6.07, 6.45) is 6.77. The number of carbonyl (C=O) groups is 1. The number of hydrogen-bond donors (Lipinski definition) is 1. The number of para-hydroxylation sites is 1. The van der Waals surface area contributed by atoms with Gasteiger partial charge in [-0.25, -0.2) is 8.42 Å². The Morgan fingerprint density at radius 1 is 1.15 bits per heavy atom. The monoisotopic (exact) mass is 681 g/mol. The lowest BCUT2D eigenvalue weighted by molar-refractivity contribution is -0.158. The first kappa shape index (κ1) is 36.0. The van der Waals surface area contributed by atoms with E-state index in [-0.39, 0.29) is 30.7 Å². The molecule has 1 aromatic heterocycles. The maximum absolute atomic E-state index is 13.7. The fourth-order valence-electron chi connectivity index (χ4n) is 6.64. The minimum atomic E-state index is -3.84. The standard InChI is InChI=1S/C36H51N5O6S/c1-6-7-10-17-39-18-15-28(16-19-39)22-40-24-31(37-38-40)25-46-34(36(4,5)35(42)43)29-14-13-26(2)30(20-29)23-41-21-27(3)47-32-11-8-9-12-33(32)48(41,44)45/h8-9,11-14,20,24,27-28,34H,6-7,10,15-19,21-23,25H2,1-5H3,(H,42,43)/t27-,34?/m1/s1. The van der Waals surface area contributed by atoms with Crippen molar-refractivity contribution < 1.29 is 27.8 Å². The van der Waals surface area contributed by atoms with Gasteiger partial charge in [0.2, 0.25) is 10.0 Å². The third-order valence-corrected chi connectivity index (χ3v) is 11.6. The Hall–Kier alpha value is -3.32. The molecule has 0 amide bonds. The number of sulfonamides is 1. The van der Waals surface area contributed by atoms with Crippen molar-refractivity contribution in [2.24, 2.45) is 11.3 Å². The van der Waals surface area contributed by atoms with Gasteiger partial charge in [0.15, 0.2) is 0 Å². The summed E-state index contributed by atoms with van der Waals surface area (Å²) in [5, 5.41) is 18.9. The summed E-state index contributed by atoms with van der Waals surface area (Å²) < 4.78 is 43.1. The van der Waals surface area contributed by atoms with E-state index in [2.05, 4.69) is 22.1 Å². The van der Waals surface area contributed by atoms with Crippen LogP contribution in [-0.4, -0.2) is 76.0 Å². The number of benzene rings is 2. The number of piperidine rings is 1. The van der Waals surface area contributed by atoms with Gasteiger partial charge in [-0.05, 0) is 101 Å². The van der Waals surface area contributed by atoms with Crippen molar-refractivity contribution in [3.63, 3.8) is 0 Å². The predicted octanol–water partition coefficient (Wildman–Crippen LogP) is 5.83. The van der Waals surface area contributed by atoms with Crippen molar-refractivity contribution >= 4 is 16.0 Å². The van der Waals surface area contributed by atoms with Gasteiger partial charge in [-0.1, -0.05) is 55.3 Å². The third kappa shape index (κ3) is 8.45. The molecule has 0 aliphatic carbocycles. The first-order valence-corrected chi connectivity index (χ1v) is 18.6. The third-order valence-electron chi connectivity index (χ3n) is 9.70. The maximum atomic E-state index is 13.7. The van der Waals surface area contributed by atoms with E-state index in [0.717, 1.165) is 43.6 Å². The number of aryl methyl sites for hydroxylation is 1. The Labute approximate surface area is 285 Å². The van der Waals surface area contributed by atoms with E-state index in [0.29, 0.717) is 22.9 Å². The predicted molar refractivity (Wildman–Crippen MR) is 183 cm³/mol. The van der Waals surface area contributed by atoms with Crippen LogP contribution in [0.4, 0.5) is 0 Å². The highest BCUT2D eigenvalue weighted by molar-refractivity contribution is 7.89. The van der Waals surface area contributed by atoms with Gasteiger partial charge < -0.3 is 19.5 Å². The molecule has 5 rings (SSSR count). The Balaban J connectivity index is 1.29. The molecule has 3 aromatic rings. The van der Waals surface area contributed by atoms with Gasteiger partial charge in [-0.15, -0.1) is 5.10 Å². The van der Waals surface area contributed by atoms with Gasteiger partial charge in [0.25, 0.3) is 0 Å². The van der Waals surface area contributed by atoms with Crippen LogP contribution in [0.1, 0.15) is 88.3 Å². The maximum Gasteiger partial charge on any atom is 0.312 e. The summed E-state index contributed by atoms with van der Waals surface area (Å²) in [4.78, 5) is 15.2. The number of carboxylic acids is 1. The van der Waals surface area contributed by atoms with Crippen molar-refractivity contribution in [2.45, 2.75) is 104 Å². The largest absolute Gasteiger partial charge is 0.488 e. The molecule has 0 bridgehead atoms. The number of aromatic nitrogens is 3. The van der Waals surface area contributed by atoms with E-state index in [1.807, 2.05) is 42.9 Å². The van der Waals surface area contributed by atoms with Crippen LogP contribution in [0, 0.1) is 18.3 Å². The fraction of sp³-hybridized carbons (Fsp3) is 0.583. The Morgan fingerprint density at radius 2 is 1.90 bits per heavy atom. The fourth-order valence-corrected chi connectivity index (χ4v) is 8.26. The highest BCUT2D eigenvalue weighted by atomic mass is 32.2. The molecular formula is C36H51N5O6S. The minimum absolute atomic E-state index is 0.0899. The molecule has 2 aliphatic rings. The van der Waals surface area contributed by atoms with E-state index in [4.69, 9.17) is 9.47 Å². The highest BCUT2D eigenvalue weighted by Gasteiger charge is 2.40. The van der Waals surface area contributed by atoms with Crippen LogP contribution in [0.5, 0.6) is 5.75 Å². The summed E-state index contributed by atoms with van der Waals surface area (Å²) in [5.74, 6) is -0.115. The van der Waals surface area contributed by atoms with Crippen LogP contribution >= 0.6 is 0 Å². The normalized spacial score (nSPS) is 19.7. The molecule has 0 saturated carbocycles. The van der Waals surface area contributed by atoms with E-state index in [1.54, 1.807) is 38.1 Å². The number of carboxylic acid groups (broad SMARTS) is 1. The smallest absolute Gasteiger partial charge is 0.312 e. The van der Waals surface area contributed by atoms with Crippen LogP contribution in [0.15, 0.2) is 53.6 Å². The Morgan fingerprint density at radius 3 is 2.62 bits per heavy atom. The summed E-state index contributed by atoms with van der Waals surface area (Å²) >= 11 is 0. The van der Waals surface area contributed by atoms with Crippen molar-refractivity contribution in [2.75, 3.05) is 26.2 Å². The zero-order valence-corrected chi connectivity index (χ0v) is 29.8. The van der Waals surface area contributed by atoms with E-state index >= 15 is 0 Å². The Bertz CT molecular complexity index is 1650. The number of fused-ring (bicyclic) bond motifs is 1. The molecule has 262 valence electrons. The molecule has 12 heteroatoms. The highest BCUT2D eigenvalue weighted by Crippen LogP contribution is 2.39. The van der Waals surface area contributed by atoms with Crippen LogP contribution in [0.2, 0.25) is 0 Å². The van der Waals surface area contributed by atoms with Crippen molar-refractivity contribution in [1.29, 1.82) is 0 Å². The summed E-state index contributed by atoms with van der Waals surface area (Å²) in [6, 6.07) is 12.3. The number of unbranched alkanes of at least 4 members (excludes halogenated alkanes) is 2. The lowest BCUT2D eigenvalue weighted by Crippen LogP contribution is -2.36. The molecule has 1 unspecified atom stereocenters. The van der Waals surface area contributed by atoms with Gasteiger partial charge in [0, 0.05) is 13.1 Å². The SMILES string of the molecule is CCCCCN1CCC(Cn2cc(COC(c3ccc(C)c(CN4C[C@@H](C)Oc5ccccc5S4(=O)=O)c3)C(C)(C)C(=O)O)nn2)CC1. The van der Waals surface area contributed by atoms with E-state index < -0.39 is 27.5 Å². The molecule has 0 spiro atoms. The van der Waals surface area contributed by atoms with Gasteiger partial charge in [-0.2, -0.15) is 4.31 Å². The van der Waals surface area contributed by atoms with E-state index in [1.165, 1.54) is 30.1 Å². The second-order valence-corrected chi connectivity index (χ2v) is 15.9. The first-order chi connectivity index (χ1) is 22.9. The second-order valence-electron chi connectivity index (χ2n) is 14.0. The zero-order valence-electron chi connectivity index (χ0n) is 29.0. The lowest BCUT2D eigenvalue weighted by atomic mass is 9.81. The van der Waals surface area contributed by atoms with Gasteiger partial charge in [0.05, 0.1) is 30.9 Å². The van der Waals surface area contributed by atoms with Gasteiger partial charge >= 0.3 is 5.97 Å².